The van der Waals surface area contributed by atoms with Crippen LogP contribution in [0.15, 0.2) is 5.03 Å². The maximum absolute atomic E-state index is 11.2. The minimum atomic E-state index is -0.175. The molecule has 0 saturated heterocycles. The van der Waals surface area contributed by atoms with E-state index in [1.54, 1.807) is 11.8 Å². The van der Waals surface area contributed by atoms with Gasteiger partial charge in [-0.05, 0) is 27.7 Å². The fourth-order valence-electron chi connectivity index (χ4n) is 1.75. The van der Waals surface area contributed by atoms with E-state index in [9.17, 15) is 4.79 Å². The summed E-state index contributed by atoms with van der Waals surface area (Å²) >= 11 is 1.65. The quantitative estimate of drug-likeness (QED) is 0.645. The van der Waals surface area contributed by atoms with Gasteiger partial charge in [-0.3, -0.25) is 9.48 Å². The number of nitrogens with one attached hydrogen (secondary N) is 1. The third-order valence-corrected chi connectivity index (χ3v) is 4.05. The number of rotatable bonds is 6. The van der Waals surface area contributed by atoms with Crippen LogP contribution in [0, 0.1) is 6.92 Å². The molecule has 1 rings (SSSR count). The summed E-state index contributed by atoms with van der Waals surface area (Å²) in [6.45, 7) is 9.22. The maximum Gasteiger partial charge on any atom is 0.306 e. The number of hydrogen-bond acceptors (Lipinski definition) is 5. The van der Waals surface area contributed by atoms with Gasteiger partial charge in [0, 0.05) is 30.4 Å². The van der Waals surface area contributed by atoms with Crippen molar-refractivity contribution >= 4 is 17.7 Å². The molecule has 1 N–H and O–H groups in total. The molecule has 0 atom stereocenters. The summed E-state index contributed by atoms with van der Waals surface area (Å²) in [7, 11) is 3.36. The highest BCUT2D eigenvalue weighted by atomic mass is 32.2. The van der Waals surface area contributed by atoms with Gasteiger partial charge in [0.1, 0.15) is 0 Å². The zero-order chi connectivity index (χ0) is 15.3. The van der Waals surface area contributed by atoms with E-state index in [2.05, 4.69) is 35.9 Å². The second-order valence-corrected chi connectivity index (χ2v) is 6.85. The van der Waals surface area contributed by atoms with E-state index in [1.807, 2.05) is 18.7 Å². The molecule has 0 radical (unpaired) electrons. The van der Waals surface area contributed by atoms with Gasteiger partial charge in [-0.25, -0.2) is 0 Å². The first-order chi connectivity index (χ1) is 9.24. The number of carbonyl (C=O) groups is 1. The second-order valence-electron chi connectivity index (χ2n) is 5.77. The Kier molecular flexibility index (Phi) is 6.07. The van der Waals surface area contributed by atoms with E-state index in [1.165, 1.54) is 12.7 Å². The molecule has 0 aliphatic carbocycles. The normalized spacial score (nSPS) is 11.7. The van der Waals surface area contributed by atoms with Crippen LogP contribution in [0.2, 0.25) is 0 Å². The summed E-state index contributed by atoms with van der Waals surface area (Å²) in [5, 5.41) is 9.07. The molecule has 0 bridgehead atoms. The van der Waals surface area contributed by atoms with Gasteiger partial charge in [0.15, 0.2) is 0 Å². The molecule has 5 nitrogen and oxygen atoms in total. The number of ether oxygens (including phenoxy) is 1. The van der Waals surface area contributed by atoms with E-state index in [-0.39, 0.29) is 11.5 Å². The van der Waals surface area contributed by atoms with Crippen LogP contribution in [-0.2, 0) is 23.1 Å². The monoisotopic (exact) mass is 299 g/mol. The van der Waals surface area contributed by atoms with Crippen LogP contribution in [0.1, 0.15) is 38.4 Å². The smallest absolute Gasteiger partial charge is 0.306 e. The van der Waals surface area contributed by atoms with Crippen molar-refractivity contribution in [1.29, 1.82) is 0 Å². The predicted molar refractivity (Wildman–Crippen MR) is 81.9 cm³/mol. The van der Waals surface area contributed by atoms with Crippen LogP contribution in [-0.4, -0.2) is 34.2 Å². The lowest BCUT2D eigenvalue weighted by Gasteiger charge is -2.20. The summed E-state index contributed by atoms with van der Waals surface area (Å²) < 4.78 is 6.54. The molecule has 0 fully saturated rings. The second kappa shape index (κ2) is 7.13. The number of aromatic nitrogens is 2. The molecular formula is C14H25N3O2S. The summed E-state index contributed by atoms with van der Waals surface area (Å²) in [6, 6.07) is 0. The van der Waals surface area contributed by atoms with Gasteiger partial charge in [0.25, 0.3) is 0 Å². The molecule has 0 aromatic carbocycles. The number of thioether (sulfide) groups is 1. The summed E-state index contributed by atoms with van der Waals surface area (Å²) in [4.78, 5) is 11.2. The van der Waals surface area contributed by atoms with Crippen LogP contribution in [0.5, 0.6) is 0 Å². The fourth-order valence-corrected chi connectivity index (χ4v) is 2.84. The average Bonchev–Trinajstić information content (AvgIpc) is 2.60. The number of hydrogen-bond donors (Lipinski definition) is 1. The lowest BCUT2D eigenvalue weighted by atomic mass is 10.1. The lowest BCUT2D eigenvalue weighted by Crippen LogP contribution is -2.35. The summed E-state index contributed by atoms with van der Waals surface area (Å²) in [6.07, 6.45) is 0.414. The third kappa shape index (κ3) is 5.17. The van der Waals surface area contributed by atoms with E-state index >= 15 is 0 Å². The zero-order valence-corrected chi connectivity index (χ0v) is 14.1. The third-order valence-electron chi connectivity index (χ3n) is 2.86. The molecule has 6 heteroatoms. The first-order valence-electron chi connectivity index (χ1n) is 6.71. The highest BCUT2D eigenvalue weighted by Gasteiger charge is 2.17. The molecular weight excluding hydrogens is 274 g/mol. The van der Waals surface area contributed by atoms with Crippen LogP contribution < -0.4 is 5.32 Å². The van der Waals surface area contributed by atoms with E-state index in [0.717, 1.165) is 17.3 Å². The van der Waals surface area contributed by atoms with Crippen LogP contribution in [0.25, 0.3) is 0 Å². The van der Waals surface area contributed by atoms with Crippen molar-refractivity contribution in [2.75, 3.05) is 12.9 Å². The summed E-state index contributed by atoms with van der Waals surface area (Å²) in [5.41, 5.74) is 2.30. The van der Waals surface area contributed by atoms with Crippen LogP contribution >= 0.6 is 11.8 Å². The van der Waals surface area contributed by atoms with Gasteiger partial charge in [-0.1, -0.05) is 0 Å². The topological polar surface area (TPSA) is 56.1 Å². The van der Waals surface area contributed by atoms with Gasteiger partial charge in [-0.2, -0.15) is 5.10 Å². The predicted octanol–water partition coefficient (Wildman–Crippen LogP) is 2.27. The molecule has 0 spiro atoms. The maximum atomic E-state index is 11.2. The number of esters is 1. The molecule has 0 unspecified atom stereocenters. The number of nitrogens with zero attached hydrogens (tertiary/aromatic N) is 2. The SMILES string of the molecule is COC(=O)CCSc1c(CNC(C)(C)C)c(C)nn1C. The number of carbonyl (C=O) groups excluding carboxylic acids is 1. The van der Waals surface area contributed by atoms with Gasteiger partial charge < -0.3 is 10.1 Å². The van der Waals surface area contributed by atoms with Crippen molar-refractivity contribution < 1.29 is 9.53 Å². The highest BCUT2D eigenvalue weighted by Crippen LogP contribution is 2.26. The van der Waals surface area contributed by atoms with E-state index in [4.69, 9.17) is 0 Å². The first kappa shape index (κ1) is 17.0. The Bertz CT molecular complexity index is 464. The Morgan fingerprint density at radius 3 is 2.65 bits per heavy atom. The van der Waals surface area contributed by atoms with Gasteiger partial charge >= 0.3 is 5.97 Å². The van der Waals surface area contributed by atoms with E-state index < -0.39 is 0 Å². The molecule has 0 aliphatic rings. The standard InChI is InChI=1S/C14H25N3O2S/c1-10-11(9-15-14(2,3)4)13(17(5)16-10)20-8-7-12(18)19-6/h15H,7-9H2,1-6H3. The summed E-state index contributed by atoms with van der Waals surface area (Å²) in [5.74, 6) is 0.527. The largest absolute Gasteiger partial charge is 0.469 e. The van der Waals surface area contributed by atoms with Gasteiger partial charge in [0.05, 0.1) is 24.3 Å². The van der Waals surface area contributed by atoms with Gasteiger partial charge in [-0.15, -0.1) is 11.8 Å². The first-order valence-corrected chi connectivity index (χ1v) is 7.70. The molecule has 1 heterocycles. The van der Waals surface area contributed by atoms with Crippen molar-refractivity contribution in [3.8, 4) is 0 Å². The van der Waals surface area contributed by atoms with Crippen molar-refractivity contribution in [2.45, 2.75) is 51.2 Å². The Morgan fingerprint density at radius 1 is 1.45 bits per heavy atom. The molecule has 1 aromatic heterocycles. The molecule has 20 heavy (non-hydrogen) atoms. The van der Waals surface area contributed by atoms with Gasteiger partial charge in [0.2, 0.25) is 0 Å². The van der Waals surface area contributed by atoms with Crippen molar-refractivity contribution in [2.24, 2.45) is 7.05 Å². The Hall–Kier alpha value is -1.01. The molecule has 0 aliphatic heterocycles. The Balaban J connectivity index is 2.71. The number of aryl methyl sites for hydroxylation is 2. The lowest BCUT2D eigenvalue weighted by molar-refractivity contribution is -0.140. The van der Waals surface area contributed by atoms with E-state index in [0.29, 0.717) is 12.2 Å². The fraction of sp³-hybridized carbons (Fsp3) is 0.714. The molecule has 1 aromatic rings. The highest BCUT2D eigenvalue weighted by molar-refractivity contribution is 7.99. The minimum Gasteiger partial charge on any atom is -0.469 e. The van der Waals surface area contributed by atoms with Crippen molar-refractivity contribution in [1.82, 2.24) is 15.1 Å². The number of methoxy groups -OCH3 is 1. The minimum absolute atomic E-state index is 0.0657. The molecule has 0 amide bonds. The van der Waals surface area contributed by atoms with Crippen LogP contribution in [0.3, 0.4) is 0 Å². The Labute approximate surface area is 125 Å². The van der Waals surface area contributed by atoms with Crippen LogP contribution in [0.4, 0.5) is 0 Å². The zero-order valence-electron chi connectivity index (χ0n) is 13.2. The molecule has 114 valence electrons. The average molecular weight is 299 g/mol. The van der Waals surface area contributed by atoms with Crippen molar-refractivity contribution in [3.63, 3.8) is 0 Å². The van der Waals surface area contributed by atoms with Crippen molar-refractivity contribution in [3.05, 3.63) is 11.3 Å². The molecule has 0 saturated carbocycles. The Morgan fingerprint density at radius 2 is 2.10 bits per heavy atom.